The summed E-state index contributed by atoms with van der Waals surface area (Å²) in [7, 11) is 1.30. The third kappa shape index (κ3) is 4.55. The van der Waals surface area contributed by atoms with Gasteiger partial charge in [-0.25, -0.2) is 9.86 Å². The number of carboxylic acid groups (broad SMARTS) is 1. The number of hydroxylamine groups is 1. The van der Waals surface area contributed by atoms with Crippen LogP contribution in [0.5, 0.6) is 0 Å². The number of hydrogen-bond donors (Lipinski definition) is 2. The van der Waals surface area contributed by atoms with E-state index in [9.17, 15) is 19.4 Å². The Morgan fingerprint density at radius 2 is 1.88 bits per heavy atom. The molecule has 2 aromatic rings. The molecule has 0 spiro atoms. The molecule has 0 aliphatic heterocycles. The average molecular weight is 381 g/mol. The molecule has 0 amide bonds. The highest BCUT2D eigenvalue weighted by Crippen LogP contribution is 2.30. The van der Waals surface area contributed by atoms with Crippen LogP contribution in [0.2, 0.25) is 5.02 Å². The smallest absolute Gasteiger partial charge is 0.337 e. The van der Waals surface area contributed by atoms with Crippen molar-refractivity contribution in [2.75, 3.05) is 12.1 Å². The van der Waals surface area contributed by atoms with Crippen LogP contribution >= 0.6 is 11.6 Å². The number of carboxylic acids is 1. The largest absolute Gasteiger partial charge is 0.478 e. The summed E-state index contributed by atoms with van der Waals surface area (Å²) in [5.41, 5.74) is 1.03. The Labute approximate surface area is 151 Å². The van der Waals surface area contributed by atoms with E-state index >= 15 is 0 Å². The monoisotopic (exact) mass is 380 g/mol. The first-order valence-corrected chi connectivity index (χ1v) is 8.29. The van der Waals surface area contributed by atoms with Gasteiger partial charge in [0.25, 0.3) is 0 Å². The molecule has 130 valence electrons. The number of halogens is 1. The van der Waals surface area contributed by atoms with E-state index in [0.717, 1.165) is 5.06 Å². The zero-order chi connectivity index (χ0) is 18.6. The summed E-state index contributed by atoms with van der Waals surface area (Å²) in [4.78, 5) is 11.5. The summed E-state index contributed by atoms with van der Waals surface area (Å²) in [5.74, 6) is -1.95. The van der Waals surface area contributed by atoms with Crippen molar-refractivity contribution in [3.8, 4) is 6.07 Å². The molecule has 0 bridgehead atoms. The summed E-state index contributed by atoms with van der Waals surface area (Å²) in [5, 5.41) is 20.3. The number of hydrogen-bond acceptors (Lipinski definition) is 5. The van der Waals surface area contributed by atoms with Crippen molar-refractivity contribution < 1.29 is 22.9 Å². The highest BCUT2D eigenvalue weighted by molar-refractivity contribution is 7.74. The van der Waals surface area contributed by atoms with Gasteiger partial charge in [-0.1, -0.05) is 29.8 Å². The number of benzene rings is 2. The maximum absolute atomic E-state index is 11.5. The Bertz CT molecular complexity index is 851. The molecule has 2 atom stereocenters. The van der Waals surface area contributed by atoms with Crippen molar-refractivity contribution >= 4 is 34.6 Å². The molecule has 0 aromatic heterocycles. The number of nitrogens with zero attached hydrogens (tertiary/aromatic N) is 2. The molecule has 0 aliphatic carbocycles. The third-order valence-electron chi connectivity index (χ3n) is 3.43. The van der Waals surface area contributed by atoms with Gasteiger partial charge < -0.3 is 5.11 Å². The molecular weight excluding hydrogens is 368 g/mol. The van der Waals surface area contributed by atoms with E-state index in [4.69, 9.17) is 16.2 Å². The van der Waals surface area contributed by atoms with Crippen LogP contribution in [0.1, 0.15) is 27.4 Å². The Balaban J connectivity index is 2.47. The molecular formula is C16H13ClN2O5S. The summed E-state index contributed by atoms with van der Waals surface area (Å²) in [6, 6.07) is 13.1. The SMILES string of the molecule is CN(OS(=O)O)c1ccc(C(C#N)c2ccc(Cl)cc2)cc1C(=O)O. The Hall–Kier alpha value is -2.44. The molecule has 2 aromatic carbocycles. The summed E-state index contributed by atoms with van der Waals surface area (Å²) in [6.45, 7) is 0. The number of rotatable bonds is 6. The predicted molar refractivity (Wildman–Crippen MR) is 92.6 cm³/mol. The van der Waals surface area contributed by atoms with E-state index in [0.29, 0.717) is 16.1 Å². The lowest BCUT2D eigenvalue weighted by atomic mass is 9.91. The quantitative estimate of drug-likeness (QED) is 0.584. The van der Waals surface area contributed by atoms with Crippen LogP contribution in [-0.2, 0) is 15.6 Å². The van der Waals surface area contributed by atoms with Crippen molar-refractivity contribution in [3.63, 3.8) is 0 Å². The zero-order valence-corrected chi connectivity index (χ0v) is 14.5. The van der Waals surface area contributed by atoms with Crippen molar-refractivity contribution in [2.45, 2.75) is 5.92 Å². The van der Waals surface area contributed by atoms with Crippen LogP contribution in [0.4, 0.5) is 5.69 Å². The van der Waals surface area contributed by atoms with Crippen LogP contribution in [-0.4, -0.2) is 26.9 Å². The van der Waals surface area contributed by atoms with Gasteiger partial charge in [0.2, 0.25) is 0 Å². The lowest BCUT2D eigenvalue weighted by Crippen LogP contribution is -2.21. The fourth-order valence-electron chi connectivity index (χ4n) is 2.31. The van der Waals surface area contributed by atoms with Crippen LogP contribution < -0.4 is 5.06 Å². The molecule has 0 heterocycles. The maximum atomic E-state index is 11.5. The normalized spacial score (nSPS) is 12.9. The maximum Gasteiger partial charge on any atom is 0.337 e. The topological polar surface area (TPSA) is 111 Å². The first kappa shape index (κ1) is 18.9. The van der Waals surface area contributed by atoms with E-state index in [-0.39, 0.29) is 11.3 Å². The van der Waals surface area contributed by atoms with Gasteiger partial charge >= 0.3 is 17.3 Å². The van der Waals surface area contributed by atoms with Crippen LogP contribution in [0, 0.1) is 11.3 Å². The van der Waals surface area contributed by atoms with Crippen molar-refractivity contribution in [1.29, 1.82) is 5.26 Å². The van der Waals surface area contributed by atoms with Gasteiger partial charge in [0, 0.05) is 12.1 Å². The second kappa shape index (κ2) is 8.09. The molecule has 0 saturated carbocycles. The Morgan fingerprint density at radius 1 is 1.28 bits per heavy atom. The van der Waals surface area contributed by atoms with Crippen LogP contribution in [0.15, 0.2) is 42.5 Å². The summed E-state index contributed by atoms with van der Waals surface area (Å²) >= 11 is 3.25. The fraction of sp³-hybridized carbons (Fsp3) is 0.125. The molecule has 2 unspecified atom stereocenters. The van der Waals surface area contributed by atoms with Crippen molar-refractivity contribution in [2.24, 2.45) is 0 Å². The minimum atomic E-state index is -2.60. The van der Waals surface area contributed by atoms with Gasteiger partial charge in [-0.05, 0) is 35.4 Å². The molecule has 0 aliphatic rings. The number of nitriles is 1. The average Bonchev–Trinajstić information content (AvgIpc) is 2.56. The predicted octanol–water partition coefficient (Wildman–Crippen LogP) is 3.20. The minimum absolute atomic E-state index is 0.0754. The van der Waals surface area contributed by atoms with E-state index in [1.54, 1.807) is 30.3 Å². The molecule has 0 radical (unpaired) electrons. The van der Waals surface area contributed by atoms with E-state index < -0.39 is 23.2 Å². The molecule has 2 rings (SSSR count). The second-order valence-electron chi connectivity index (χ2n) is 4.98. The Morgan fingerprint density at radius 3 is 2.40 bits per heavy atom. The van der Waals surface area contributed by atoms with Gasteiger partial charge in [-0.3, -0.25) is 4.55 Å². The fourth-order valence-corrected chi connectivity index (χ4v) is 2.71. The molecule has 0 fully saturated rings. The third-order valence-corrected chi connectivity index (χ3v) is 4.03. The first-order valence-electron chi connectivity index (χ1n) is 6.89. The first-order chi connectivity index (χ1) is 11.8. The Kier molecular flexibility index (Phi) is 6.12. The minimum Gasteiger partial charge on any atom is -0.478 e. The summed E-state index contributed by atoms with van der Waals surface area (Å²) < 4.78 is 24.1. The standard InChI is InChI=1S/C16H13ClN2O5S/c1-19(24-25(22)23)15-7-4-11(8-13(15)16(20)21)14(9-18)10-2-5-12(17)6-3-10/h2-8,14H,1H3,(H,20,21)(H,22,23). The van der Waals surface area contributed by atoms with E-state index in [2.05, 4.69) is 10.4 Å². The molecule has 0 saturated heterocycles. The lowest BCUT2D eigenvalue weighted by molar-refractivity contribution is 0.0696. The van der Waals surface area contributed by atoms with Crippen LogP contribution in [0.25, 0.3) is 0 Å². The van der Waals surface area contributed by atoms with Gasteiger partial charge in [0.1, 0.15) is 0 Å². The highest BCUT2D eigenvalue weighted by atomic mass is 35.5. The van der Waals surface area contributed by atoms with E-state index in [1.165, 1.54) is 19.2 Å². The van der Waals surface area contributed by atoms with Crippen LogP contribution in [0.3, 0.4) is 0 Å². The van der Waals surface area contributed by atoms with Crippen molar-refractivity contribution in [3.05, 3.63) is 64.2 Å². The zero-order valence-electron chi connectivity index (χ0n) is 12.9. The van der Waals surface area contributed by atoms with Gasteiger partial charge in [0.15, 0.2) is 0 Å². The summed E-state index contributed by atoms with van der Waals surface area (Å²) in [6.07, 6.45) is 0. The molecule has 25 heavy (non-hydrogen) atoms. The number of aromatic carboxylic acids is 1. The molecule has 9 heteroatoms. The number of anilines is 1. The second-order valence-corrected chi connectivity index (χ2v) is 6.00. The van der Waals surface area contributed by atoms with Crippen molar-refractivity contribution in [1.82, 2.24) is 0 Å². The lowest BCUT2D eigenvalue weighted by Gasteiger charge is -2.19. The number of carbonyl (C=O) groups is 1. The van der Waals surface area contributed by atoms with Gasteiger partial charge in [-0.15, -0.1) is 4.28 Å². The highest BCUT2D eigenvalue weighted by Gasteiger charge is 2.20. The molecule has 7 nitrogen and oxygen atoms in total. The van der Waals surface area contributed by atoms with E-state index in [1.807, 2.05) is 0 Å². The van der Waals surface area contributed by atoms with Gasteiger partial charge in [-0.2, -0.15) is 9.47 Å². The van der Waals surface area contributed by atoms with Gasteiger partial charge in [0.05, 0.1) is 23.2 Å². The molecule has 2 N–H and O–H groups in total.